The minimum Gasteiger partial charge on any atom is -0.379 e. The van der Waals surface area contributed by atoms with Gasteiger partial charge in [-0.25, -0.2) is 4.98 Å². The molecule has 0 radical (unpaired) electrons. The third-order valence-electron chi connectivity index (χ3n) is 5.75. The van der Waals surface area contributed by atoms with Crippen LogP contribution in [0.25, 0.3) is 0 Å². The maximum Gasteiger partial charge on any atom is 0.433 e. The van der Waals surface area contributed by atoms with Crippen LogP contribution in [0.1, 0.15) is 29.4 Å². The van der Waals surface area contributed by atoms with E-state index in [1.165, 1.54) is 12.3 Å². The third-order valence-corrected chi connectivity index (χ3v) is 5.75. The van der Waals surface area contributed by atoms with Crippen molar-refractivity contribution in [1.29, 1.82) is 0 Å². The van der Waals surface area contributed by atoms with E-state index in [0.717, 1.165) is 11.6 Å². The van der Waals surface area contributed by atoms with E-state index >= 15 is 0 Å². The zero-order chi connectivity index (χ0) is 25.3. The average molecular weight is 490 g/mol. The number of rotatable bonds is 7. The van der Waals surface area contributed by atoms with Crippen LogP contribution in [0, 0.1) is 6.92 Å². The fraction of sp³-hybridized carbons (Fsp3) is 0.409. The lowest BCUT2D eigenvalue weighted by Crippen LogP contribution is -2.53. The summed E-state index contributed by atoms with van der Waals surface area (Å²) < 4.78 is 45.0. The summed E-state index contributed by atoms with van der Waals surface area (Å²) in [6.45, 7) is 4.26. The highest BCUT2D eigenvalue weighted by Crippen LogP contribution is 2.33. The summed E-state index contributed by atoms with van der Waals surface area (Å²) in [5, 5.41) is 10.3. The smallest absolute Gasteiger partial charge is 0.379 e. The van der Waals surface area contributed by atoms with Crippen LogP contribution >= 0.6 is 0 Å². The van der Waals surface area contributed by atoms with Crippen molar-refractivity contribution in [1.82, 2.24) is 24.7 Å². The van der Waals surface area contributed by atoms with Gasteiger partial charge in [0, 0.05) is 38.7 Å². The number of aryl methyl sites for hydroxylation is 1. The lowest BCUT2D eigenvalue weighted by Gasteiger charge is -2.37. The fourth-order valence-electron chi connectivity index (χ4n) is 3.84. The normalized spacial score (nSPS) is 16.6. The molecule has 3 aromatic rings. The molecule has 1 unspecified atom stereocenters. The summed E-state index contributed by atoms with van der Waals surface area (Å²) in [4.78, 5) is 26.8. The maximum atomic E-state index is 12.7. The van der Waals surface area contributed by atoms with Crippen molar-refractivity contribution in [3.63, 3.8) is 0 Å². The molecule has 186 valence electrons. The molecule has 35 heavy (non-hydrogen) atoms. The fourth-order valence-corrected chi connectivity index (χ4v) is 3.84. The predicted octanol–water partition coefficient (Wildman–Crippen LogP) is 2.85. The van der Waals surface area contributed by atoms with E-state index in [1.807, 2.05) is 6.92 Å². The molecule has 1 aliphatic rings. The summed E-state index contributed by atoms with van der Waals surface area (Å²) in [5.74, 6) is 0.782. The summed E-state index contributed by atoms with van der Waals surface area (Å²) >= 11 is 0. The molecule has 10 nitrogen and oxygen atoms in total. The zero-order valence-corrected chi connectivity index (χ0v) is 19.6. The van der Waals surface area contributed by atoms with Gasteiger partial charge in [-0.2, -0.15) is 23.3 Å². The largest absolute Gasteiger partial charge is 0.433 e. The van der Waals surface area contributed by atoms with Crippen molar-refractivity contribution < 1.29 is 22.7 Å². The molecule has 0 aromatic carbocycles. The van der Waals surface area contributed by atoms with Gasteiger partial charge in [0.25, 0.3) is 0 Å². The van der Waals surface area contributed by atoms with Gasteiger partial charge in [-0.1, -0.05) is 6.07 Å². The first-order valence-electron chi connectivity index (χ1n) is 10.8. The Labute approximate surface area is 199 Å². The number of pyridine rings is 1. The number of fused-ring (bicyclic) bond motifs is 1. The Bertz CT molecular complexity index is 1210. The highest BCUT2D eigenvalue weighted by Gasteiger charge is 2.37. The van der Waals surface area contributed by atoms with Crippen LogP contribution in [0.15, 0.2) is 30.7 Å². The van der Waals surface area contributed by atoms with Gasteiger partial charge in [-0.05, 0) is 25.5 Å². The molecule has 0 aliphatic carbocycles. The summed E-state index contributed by atoms with van der Waals surface area (Å²) in [6.07, 6.45) is -0.190. The van der Waals surface area contributed by atoms with E-state index in [1.54, 1.807) is 43.1 Å². The van der Waals surface area contributed by atoms with Crippen LogP contribution in [0.5, 0.6) is 0 Å². The quantitative estimate of drug-likeness (QED) is 0.520. The first kappa shape index (κ1) is 24.4. The molecule has 13 heteroatoms. The molecular weight excluding hydrogens is 465 g/mol. The molecule has 4 heterocycles. The number of hydrogen-bond acceptors (Lipinski definition) is 8. The van der Waals surface area contributed by atoms with Gasteiger partial charge in [0.05, 0.1) is 24.5 Å². The average Bonchev–Trinajstić information content (AvgIpc) is 3.25. The molecule has 1 aliphatic heterocycles. The van der Waals surface area contributed by atoms with Gasteiger partial charge < -0.3 is 20.3 Å². The van der Waals surface area contributed by atoms with Crippen molar-refractivity contribution in [3.8, 4) is 0 Å². The Morgan fingerprint density at radius 2 is 2.00 bits per heavy atom. The van der Waals surface area contributed by atoms with Crippen LogP contribution in [-0.4, -0.2) is 56.9 Å². The van der Waals surface area contributed by atoms with E-state index < -0.39 is 17.9 Å². The number of likely N-dealkylation sites (N-methyl/N-ethyl adjacent to an activating group) is 1. The van der Waals surface area contributed by atoms with Crippen LogP contribution in [-0.2, 0) is 28.8 Å². The van der Waals surface area contributed by atoms with Gasteiger partial charge in [-0.3, -0.25) is 14.5 Å². The third kappa shape index (κ3) is 5.19. The summed E-state index contributed by atoms with van der Waals surface area (Å²) in [5.41, 5.74) is 1.67. The van der Waals surface area contributed by atoms with Gasteiger partial charge in [-0.15, -0.1) is 0 Å². The minimum absolute atomic E-state index is 0.183. The number of nitrogens with one attached hydrogen (secondary N) is 2. The van der Waals surface area contributed by atoms with E-state index in [9.17, 15) is 18.0 Å². The second-order valence-corrected chi connectivity index (χ2v) is 8.27. The highest BCUT2D eigenvalue weighted by atomic mass is 19.4. The zero-order valence-electron chi connectivity index (χ0n) is 19.6. The Kier molecular flexibility index (Phi) is 6.61. The molecular formula is C22H25F3N8O2. The number of anilines is 3. The standard InChI is InChI=1S/C22H25F3N8O2/c1-12-17-19(32(3)18(13(2)35-4)20(34)30-17)31-21(29-12)27-8-15-9-28-33(11-15)10-14-5-6-16(26-7-14)22(23,24)25/h5-7,9,11,13,18H,8,10H2,1-4H3,(H,30,34)(H,27,29,31)/t13-,18?/m1/s1. The van der Waals surface area contributed by atoms with E-state index in [2.05, 4.69) is 30.7 Å². The number of methoxy groups -OCH3 is 1. The van der Waals surface area contributed by atoms with Gasteiger partial charge in [0.1, 0.15) is 17.4 Å². The molecule has 2 N–H and O–H groups in total. The van der Waals surface area contributed by atoms with Crippen LogP contribution in [0.2, 0.25) is 0 Å². The Morgan fingerprint density at radius 3 is 2.66 bits per heavy atom. The number of halogens is 3. The monoisotopic (exact) mass is 490 g/mol. The molecule has 0 fully saturated rings. The van der Waals surface area contributed by atoms with Crippen LogP contribution in [0.4, 0.5) is 30.6 Å². The second kappa shape index (κ2) is 9.49. The lowest BCUT2D eigenvalue weighted by atomic mass is 10.1. The number of ether oxygens (including phenoxy) is 1. The Balaban J connectivity index is 1.43. The molecule has 1 amide bonds. The lowest BCUT2D eigenvalue weighted by molar-refractivity contribution is -0.141. The van der Waals surface area contributed by atoms with Crippen molar-refractivity contribution in [2.75, 3.05) is 29.7 Å². The van der Waals surface area contributed by atoms with Gasteiger partial charge in [0.2, 0.25) is 11.9 Å². The molecule has 0 saturated carbocycles. The molecule has 0 bridgehead atoms. The van der Waals surface area contributed by atoms with Crippen molar-refractivity contribution in [2.45, 2.75) is 45.3 Å². The highest BCUT2D eigenvalue weighted by molar-refractivity contribution is 6.03. The maximum absolute atomic E-state index is 12.7. The van der Waals surface area contributed by atoms with Crippen molar-refractivity contribution >= 4 is 23.4 Å². The second-order valence-electron chi connectivity index (χ2n) is 8.27. The molecule has 2 atom stereocenters. The molecule has 0 saturated heterocycles. The number of amides is 1. The van der Waals surface area contributed by atoms with E-state index in [4.69, 9.17) is 4.74 Å². The number of aromatic nitrogens is 5. The number of alkyl halides is 3. The van der Waals surface area contributed by atoms with Crippen molar-refractivity contribution in [3.05, 3.63) is 53.2 Å². The van der Waals surface area contributed by atoms with Crippen molar-refractivity contribution in [2.24, 2.45) is 0 Å². The minimum atomic E-state index is -4.47. The van der Waals surface area contributed by atoms with Crippen LogP contribution < -0.4 is 15.5 Å². The predicted molar refractivity (Wildman–Crippen MR) is 122 cm³/mol. The van der Waals surface area contributed by atoms with E-state index in [-0.39, 0.29) is 18.6 Å². The van der Waals surface area contributed by atoms with Crippen LogP contribution in [0.3, 0.4) is 0 Å². The Morgan fingerprint density at radius 1 is 1.23 bits per heavy atom. The van der Waals surface area contributed by atoms with Gasteiger partial charge >= 0.3 is 6.18 Å². The molecule has 4 rings (SSSR count). The van der Waals surface area contributed by atoms with E-state index in [0.29, 0.717) is 35.3 Å². The summed E-state index contributed by atoms with van der Waals surface area (Å²) in [7, 11) is 3.34. The molecule has 3 aromatic heterocycles. The number of hydrogen-bond donors (Lipinski definition) is 2. The number of carbonyl (C=O) groups is 1. The molecule has 0 spiro atoms. The first-order valence-corrected chi connectivity index (χ1v) is 10.8. The SMILES string of the molecule is CO[C@H](C)C1C(=O)Nc2c(C)nc(NCc3cnn(Cc4ccc(C(F)(F)F)nc4)c3)nc2N1C. The number of carbonyl (C=O) groups excluding carboxylic acids is 1. The van der Waals surface area contributed by atoms with Gasteiger partial charge in [0.15, 0.2) is 5.82 Å². The summed E-state index contributed by atoms with van der Waals surface area (Å²) in [6, 6.07) is 1.80. The topological polar surface area (TPSA) is 110 Å². The Hall–Kier alpha value is -3.74. The number of nitrogens with zero attached hydrogens (tertiary/aromatic N) is 6. The first-order chi connectivity index (χ1) is 16.6.